The Morgan fingerprint density at radius 1 is 1.26 bits per heavy atom. The van der Waals surface area contributed by atoms with Crippen LogP contribution in [0.4, 0.5) is 5.69 Å². The SMILES string of the molecule is COCCNC(=O)c1ccc2c(c1)[C@@H]1C=CC[C@@H]1[C@@H](c1ccc(Cl)cc1)N2. The maximum Gasteiger partial charge on any atom is 0.251 e. The average molecular weight is 383 g/mol. The number of hydrogen-bond acceptors (Lipinski definition) is 3. The zero-order chi connectivity index (χ0) is 18.8. The fourth-order valence-corrected chi connectivity index (χ4v) is 4.23. The molecular formula is C22H23ClN2O2. The lowest BCUT2D eigenvalue weighted by molar-refractivity contribution is 0.0937. The molecule has 0 radical (unpaired) electrons. The van der Waals surface area contributed by atoms with Crippen LogP contribution in [0.1, 0.15) is 39.9 Å². The molecule has 1 amide bonds. The van der Waals surface area contributed by atoms with Gasteiger partial charge in [-0.25, -0.2) is 0 Å². The number of ether oxygens (including phenoxy) is 1. The Balaban J connectivity index is 1.61. The zero-order valence-corrected chi connectivity index (χ0v) is 16.0. The molecule has 5 heteroatoms. The monoisotopic (exact) mass is 382 g/mol. The topological polar surface area (TPSA) is 50.4 Å². The van der Waals surface area contributed by atoms with E-state index in [2.05, 4.69) is 34.9 Å². The molecule has 0 spiro atoms. The van der Waals surface area contributed by atoms with E-state index in [1.165, 1.54) is 11.1 Å². The van der Waals surface area contributed by atoms with E-state index < -0.39 is 0 Å². The summed E-state index contributed by atoms with van der Waals surface area (Å²) < 4.78 is 4.99. The lowest BCUT2D eigenvalue weighted by atomic mass is 9.76. The average Bonchev–Trinajstić information content (AvgIpc) is 3.18. The number of fused-ring (bicyclic) bond motifs is 3. The Morgan fingerprint density at radius 3 is 2.85 bits per heavy atom. The first kappa shape index (κ1) is 18.1. The molecule has 0 aromatic heterocycles. The fraction of sp³-hybridized carbons (Fsp3) is 0.318. The van der Waals surface area contributed by atoms with Gasteiger partial charge in [0.15, 0.2) is 0 Å². The molecule has 0 saturated carbocycles. The second kappa shape index (κ2) is 7.75. The van der Waals surface area contributed by atoms with Crippen LogP contribution in [0.2, 0.25) is 5.02 Å². The third-order valence-corrected chi connectivity index (χ3v) is 5.70. The largest absolute Gasteiger partial charge is 0.383 e. The molecule has 0 unspecified atom stereocenters. The highest BCUT2D eigenvalue weighted by atomic mass is 35.5. The number of benzene rings is 2. The van der Waals surface area contributed by atoms with Crippen molar-refractivity contribution >= 4 is 23.2 Å². The van der Waals surface area contributed by atoms with Crippen LogP contribution < -0.4 is 10.6 Å². The van der Waals surface area contributed by atoms with Crippen molar-refractivity contribution in [1.82, 2.24) is 5.32 Å². The van der Waals surface area contributed by atoms with Gasteiger partial charge in [-0.15, -0.1) is 0 Å². The highest BCUT2D eigenvalue weighted by Crippen LogP contribution is 2.49. The van der Waals surface area contributed by atoms with Gasteiger partial charge in [0.1, 0.15) is 0 Å². The standard InChI is InChI=1S/C22H23ClN2O2/c1-27-12-11-24-22(26)15-7-10-20-19(13-15)17-3-2-4-18(17)21(25-20)14-5-8-16(23)9-6-14/h2-3,5-10,13,17-18,21,25H,4,11-12H2,1H3,(H,24,26)/t17-,18+,21-/m1/s1. The van der Waals surface area contributed by atoms with Crippen LogP contribution >= 0.6 is 11.6 Å². The molecule has 2 N–H and O–H groups in total. The molecule has 2 aromatic carbocycles. The van der Waals surface area contributed by atoms with Gasteiger partial charge in [0, 0.05) is 35.8 Å². The Hall–Kier alpha value is -2.30. The molecule has 27 heavy (non-hydrogen) atoms. The predicted octanol–water partition coefficient (Wildman–Crippen LogP) is 4.54. The van der Waals surface area contributed by atoms with Crippen LogP contribution in [0, 0.1) is 5.92 Å². The summed E-state index contributed by atoms with van der Waals surface area (Å²) in [6.45, 7) is 1.02. The second-order valence-electron chi connectivity index (χ2n) is 7.08. The molecular weight excluding hydrogens is 360 g/mol. The number of nitrogens with one attached hydrogen (secondary N) is 2. The van der Waals surface area contributed by atoms with E-state index in [0.717, 1.165) is 17.1 Å². The van der Waals surface area contributed by atoms with Crippen LogP contribution in [0.5, 0.6) is 0 Å². The maximum atomic E-state index is 12.4. The van der Waals surface area contributed by atoms with Crippen LogP contribution in [0.15, 0.2) is 54.6 Å². The molecule has 3 atom stereocenters. The third kappa shape index (κ3) is 3.60. The summed E-state index contributed by atoms with van der Waals surface area (Å²) in [6, 6.07) is 14.2. The summed E-state index contributed by atoms with van der Waals surface area (Å²) in [5, 5.41) is 7.33. The molecule has 0 saturated heterocycles. The first-order valence-electron chi connectivity index (χ1n) is 9.27. The zero-order valence-electron chi connectivity index (χ0n) is 15.2. The molecule has 1 aliphatic carbocycles. The van der Waals surface area contributed by atoms with Crippen molar-refractivity contribution in [2.24, 2.45) is 5.92 Å². The van der Waals surface area contributed by atoms with Crippen molar-refractivity contribution in [2.75, 3.05) is 25.6 Å². The van der Waals surface area contributed by atoms with E-state index >= 15 is 0 Å². The number of amides is 1. The molecule has 4 nitrogen and oxygen atoms in total. The Labute approximate surface area is 164 Å². The Morgan fingerprint density at radius 2 is 2.07 bits per heavy atom. The lowest BCUT2D eigenvalue weighted by Crippen LogP contribution is -2.30. The van der Waals surface area contributed by atoms with Gasteiger partial charge in [-0.3, -0.25) is 4.79 Å². The fourth-order valence-electron chi connectivity index (χ4n) is 4.10. The van der Waals surface area contributed by atoms with E-state index in [1.54, 1.807) is 7.11 Å². The van der Waals surface area contributed by atoms with Gasteiger partial charge in [-0.1, -0.05) is 35.9 Å². The molecule has 2 aliphatic rings. The van der Waals surface area contributed by atoms with Crippen LogP contribution in [-0.2, 0) is 4.74 Å². The highest BCUT2D eigenvalue weighted by Gasteiger charge is 2.38. The summed E-state index contributed by atoms with van der Waals surface area (Å²) in [7, 11) is 1.63. The first-order valence-corrected chi connectivity index (χ1v) is 9.65. The van der Waals surface area contributed by atoms with Gasteiger partial charge in [0.2, 0.25) is 0 Å². The minimum atomic E-state index is -0.0619. The van der Waals surface area contributed by atoms with Gasteiger partial charge in [0.25, 0.3) is 5.91 Å². The number of rotatable bonds is 5. The van der Waals surface area contributed by atoms with Crippen molar-refractivity contribution in [3.05, 3.63) is 76.3 Å². The number of hydrogen-bond donors (Lipinski definition) is 2. The van der Waals surface area contributed by atoms with E-state index in [1.807, 2.05) is 30.3 Å². The number of methoxy groups -OCH3 is 1. The summed E-state index contributed by atoms with van der Waals surface area (Å²) >= 11 is 6.06. The third-order valence-electron chi connectivity index (χ3n) is 5.45. The van der Waals surface area contributed by atoms with Crippen molar-refractivity contribution in [2.45, 2.75) is 18.4 Å². The van der Waals surface area contributed by atoms with E-state index in [4.69, 9.17) is 16.3 Å². The van der Waals surface area contributed by atoms with E-state index in [0.29, 0.717) is 30.6 Å². The summed E-state index contributed by atoms with van der Waals surface area (Å²) in [6.07, 6.45) is 5.55. The number of halogens is 1. The minimum absolute atomic E-state index is 0.0619. The van der Waals surface area contributed by atoms with Gasteiger partial charge in [-0.2, -0.15) is 0 Å². The first-order chi connectivity index (χ1) is 13.2. The van der Waals surface area contributed by atoms with Crippen molar-refractivity contribution in [1.29, 1.82) is 0 Å². The van der Waals surface area contributed by atoms with Gasteiger partial charge >= 0.3 is 0 Å². The smallest absolute Gasteiger partial charge is 0.251 e. The lowest BCUT2D eigenvalue weighted by Gasteiger charge is -2.37. The van der Waals surface area contributed by atoms with Crippen molar-refractivity contribution < 1.29 is 9.53 Å². The van der Waals surface area contributed by atoms with Crippen molar-refractivity contribution in [3.63, 3.8) is 0 Å². The quantitative estimate of drug-likeness (QED) is 0.589. The Kier molecular flexibility index (Phi) is 5.19. The van der Waals surface area contributed by atoms with Gasteiger partial charge in [0.05, 0.1) is 12.6 Å². The normalized spacial score (nSPS) is 22.7. The molecule has 140 valence electrons. The van der Waals surface area contributed by atoms with Gasteiger partial charge in [-0.05, 0) is 53.8 Å². The number of carbonyl (C=O) groups is 1. The predicted molar refractivity (Wildman–Crippen MR) is 108 cm³/mol. The molecule has 2 aromatic rings. The summed E-state index contributed by atoms with van der Waals surface area (Å²) in [4.78, 5) is 12.4. The molecule has 4 rings (SSSR count). The summed E-state index contributed by atoms with van der Waals surface area (Å²) in [5.74, 6) is 0.687. The molecule has 0 bridgehead atoms. The summed E-state index contributed by atoms with van der Waals surface area (Å²) in [5.41, 5.74) is 4.22. The second-order valence-corrected chi connectivity index (χ2v) is 7.51. The molecule has 0 fully saturated rings. The Bertz CT molecular complexity index is 863. The van der Waals surface area contributed by atoms with E-state index in [9.17, 15) is 4.79 Å². The molecule has 1 heterocycles. The van der Waals surface area contributed by atoms with E-state index in [-0.39, 0.29) is 11.9 Å². The maximum absolute atomic E-state index is 12.4. The minimum Gasteiger partial charge on any atom is -0.383 e. The number of carbonyl (C=O) groups excluding carboxylic acids is 1. The van der Waals surface area contributed by atoms with Crippen LogP contribution in [0.3, 0.4) is 0 Å². The molecule has 1 aliphatic heterocycles. The highest BCUT2D eigenvalue weighted by molar-refractivity contribution is 6.30. The van der Waals surface area contributed by atoms with Crippen molar-refractivity contribution in [3.8, 4) is 0 Å². The number of anilines is 1. The van der Waals surface area contributed by atoms with Crippen LogP contribution in [0.25, 0.3) is 0 Å². The van der Waals surface area contributed by atoms with Gasteiger partial charge < -0.3 is 15.4 Å². The number of allylic oxidation sites excluding steroid dienone is 2. The van der Waals surface area contributed by atoms with Crippen LogP contribution in [-0.4, -0.2) is 26.2 Å².